The van der Waals surface area contributed by atoms with Crippen molar-refractivity contribution < 1.29 is 4.74 Å². The van der Waals surface area contributed by atoms with E-state index in [4.69, 9.17) is 4.74 Å². The van der Waals surface area contributed by atoms with Crippen LogP contribution >= 0.6 is 0 Å². The Morgan fingerprint density at radius 3 is 2.47 bits per heavy atom. The van der Waals surface area contributed by atoms with Crippen molar-refractivity contribution in [3.8, 4) is 0 Å². The zero-order valence-electron chi connectivity index (χ0n) is 9.94. The lowest BCUT2D eigenvalue weighted by atomic mass is 10.1. The van der Waals surface area contributed by atoms with E-state index < -0.39 is 0 Å². The van der Waals surface area contributed by atoms with Gasteiger partial charge in [0.2, 0.25) is 0 Å². The van der Waals surface area contributed by atoms with Crippen molar-refractivity contribution in [2.45, 2.75) is 19.4 Å². The molecule has 0 fully saturated rings. The highest BCUT2D eigenvalue weighted by Crippen LogP contribution is 2.16. The summed E-state index contributed by atoms with van der Waals surface area (Å²) in [5.41, 5.74) is 1.25. The molecule has 0 aliphatic rings. The predicted octanol–water partition coefficient (Wildman–Crippen LogP) is 2.72. The van der Waals surface area contributed by atoms with Gasteiger partial charge in [0.25, 0.3) is 0 Å². The van der Waals surface area contributed by atoms with Crippen LogP contribution in [-0.4, -0.2) is 32.1 Å². The molecule has 0 amide bonds. The Bertz CT molecular complexity index is 260. The highest BCUT2D eigenvalue weighted by atomic mass is 16.5. The molecule has 1 rings (SSSR count). The second kappa shape index (κ2) is 6.59. The third-order valence-corrected chi connectivity index (χ3v) is 2.54. The van der Waals surface area contributed by atoms with Crippen molar-refractivity contribution in [3.05, 3.63) is 35.9 Å². The molecule has 0 saturated carbocycles. The van der Waals surface area contributed by atoms with Crippen LogP contribution in [0.5, 0.6) is 0 Å². The monoisotopic (exact) mass is 207 g/mol. The molecule has 0 heterocycles. The largest absolute Gasteiger partial charge is 0.375 e. The number of nitrogens with zero attached hydrogens (tertiary/aromatic N) is 1. The Kier molecular flexibility index (Phi) is 5.37. The molecule has 2 heteroatoms. The minimum Gasteiger partial charge on any atom is -0.375 e. The van der Waals surface area contributed by atoms with E-state index in [0.717, 1.165) is 13.1 Å². The summed E-state index contributed by atoms with van der Waals surface area (Å²) in [6.07, 6.45) is 1.37. The summed E-state index contributed by atoms with van der Waals surface area (Å²) in [6.45, 7) is 4.27. The third-order valence-electron chi connectivity index (χ3n) is 2.54. The van der Waals surface area contributed by atoms with E-state index in [0.29, 0.717) is 0 Å². The average molecular weight is 207 g/mol. The fraction of sp³-hybridized carbons (Fsp3) is 0.538. The second-order valence-electron chi connectivity index (χ2n) is 3.90. The summed E-state index contributed by atoms with van der Waals surface area (Å²) in [5, 5.41) is 0. The maximum absolute atomic E-state index is 5.51. The number of methoxy groups -OCH3 is 1. The van der Waals surface area contributed by atoms with Crippen molar-refractivity contribution in [1.29, 1.82) is 0 Å². The summed E-state index contributed by atoms with van der Waals surface area (Å²) in [4.78, 5) is 2.31. The Morgan fingerprint density at radius 2 is 1.93 bits per heavy atom. The third kappa shape index (κ3) is 4.02. The first-order valence-electron chi connectivity index (χ1n) is 5.54. The van der Waals surface area contributed by atoms with Gasteiger partial charge in [-0.25, -0.2) is 0 Å². The fourth-order valence-corrected chi connectivity index (χ4v) is 1.74. The molecule has 0 aromatic heterocycles. The molecule has 0 aliphatic carbocycles. The van der Waals surface area contributed by atoms with E-state index >= 15 is 0 Å². The first-order valence-corrected chi connectivity index (χ1v) is 5.54. The molecule has 0 aliphatic heterocycles. The molecule has 0 N–H and O–H groups in total. The van der Waals surface area contributed by atoms with Crippen molar-refractivity contribution in [2.75, 3.05) is 27.2 Å². The van der Waals surface area contributed by atoms with Crippen molar-refractivity contribution in [1.82, 2.24) is 4.90 Å². The van der Waals surface area contributed by atoms with Crippen LogP contribution in [0.2, 0.25) is 0 Å². The van der Waals surface area contributed by atoms with Gasteiger partial charge in [-0.1, -0.05) is 37.3 Å². The van der Waals surface area contributed by atoms with Gasteiger partial charge < -0.3 is 9.64 Å². The molecule has 0 bridgehead atoms. The summed E-state index contributed by atoms with van der Waals surface area (Å²) < 4.78 is 5.51. The maximum atomic E-state index is 5.51. The van der Waals surface area contributed by atoms with Gasteiger partial charge >= 0.3 is 0 Å². The van der Waals surface area contributed by atoms with Gasteiger partial charge in [0, 0.05) is 13.7 Å². The lowest BCUT2D eigenvalue weighted by Crippen LogP contribution is -2.26. The molecule has 0 saturated heterocycles. The second-order valence-corrected chi connectivity index (χ2v) is 3.90. The van der Waals surface area contributed by atoms with Crippen molar-refractivity contribution in [2.24, 2.45) is 0 Å². The summed E-state index contributed by atoms with van der Waals surface area (Å²) in [5.74, 6) is 0. The molecule has 1 unspecified atom stereocenters. The number of hydrogen-bond donors (Lipinski definition) is 0. The van der Waals surface area contributed by atoms with Crippen LogP contribution in [0.25, 0.3) is 0 Å². The summed E-state index contributed by atoms with van der Waals surface area (Å²) in [7, 11) is 3.91. The minimum absolute atomic E-state index is 0.183. The van der Waals surface area contributed by atoms with Crippen molar-refractivity contribution >= 4 is 0 Å². The Labute approximate surface area is 92.9 Å². The number of likely N-dealkylation sites (N-methyl/N-ethyl adjacent to an activating group) is 1. The molecule has 1 aromatic carbocycles. The van der Waals surface area contributed by atoms with Gasteiger partial charge in [0.05, 0.1) is 6.10 Å². The number of ether oxygens (including phenoxy) is 1. The van der Waals surface area contributed by atoms with Crippen LogP contribution in [-0.2, 0) is 4.74 Å². The first kappa shape index (κ1) is 12.2. The summed E-state index contributed by atoms with van der Waals surface area (Å²) >= 11 is 0. The van der Waals surface area contributed by atoms with E-state index in [9.17, 15) is 0 Å². The topological polar surface area (TPSA) is 12.5 Å². The highest BCUT2D eigenvalue weighted by Gasteiger charge is 2.11. The van der Waals surface area contributed by atoms with E-state index in [1.165, 1.54) is 12.0 Å². The smallest absolute Gasteiger partial charge is 0.0947 e. The quantitative estimate of drug-likeness (QED) is 0.711. The van der Waals surface area contributed by atoms with Crippen LogP contribution in [0, 0.1) is 0 Å². The lowest BCUT2D eigenvalue weighted by molar-refractivity contribution is 0.0717. The normalized spacial score (nSPS) is 13.1. The predicted molar refractivity (Wildman–Crippen MR) is 64.0 cm³/mol. The Balaban J connectivity index is 2.56. The highest BCUT2D eigenvalue weighted by molar-refractivity contribution is 5.17. The van der Waals surface area contributed by atoms with E-state index in [-0.39, 0.29) is 6.10 Å². The maximum Gasteiger partial charge on any atom is 0.0947 e. The number of benzene rings is 1. The molecule has 84 valence electrons. The molecule has 1 aromatic rings. The summed E-state index contributed by atoms with van der Waals surface area (Å²) in [6, 6.07) is 10.4. The van der Waals surface area contributed by atoms with Crippen LogP contribution in [0.4, 0.5) is 0 Å². The molecular formula is C13H21NO. The van der Waals surface area contributed by atoms with E-state index in [1.807, 2.05) is 6.07 Å². The van der Waals surface area contributed by atoms with Gasteiger partial charge in [0.15, 0.2) is 0 Å². The molecule has 0 radical (unpaired) electrons. The molecule has 15 heavy (non-hydrogen) atoms. The van der Waals surface area contributed by atoms with E-state index in [2.05, 4.69) is 43.1 Å². The first-order chi connectivity index (χ1) is 7.27. The van der Waals surface area contributed by atoms with Gasteiger partial charge in [0.1, 0.15) is 0 Å². The zero-order chi connectivity index (χ0) is 11.1. The van der Waals surface area contributed by atoms with E-state index in [1.54, 1.807) is 7.11 Å². The van der Waals surface area contributed by atoms with Crippen LogP contribution in [0.1, 0.15) is 25.0 Å². The van der Waals surface area contributed by atoms with Gasteiger partial charge in [-0.3, -0.25) is 0 Å². The molecule has 0 spiro atoms. The molecule has 2 nitrogen and oxygen atoms in total. The van der Waals surface area contributed by atoms with Crippen LogP contribution < -0.4 is 0 Å². The van der Waals surface area contributed by atoms with Gasteiger partial charge in [-0.2, -0.15) is 0 Å². The molecule has 1 atom stereocenters. The SMILES string of the molecule is CCCN(C)CC(OC)c1ccccc1. The zero-order valence-corrected chi connectivity index (χ0v) is 9.94. The fourth-order valence-electron chi connectivity index (χ4n) is 1.74. The van der Waals surface area contributed by atoms with Crippen LogP contribution in [0.3, 0.4) is 0 Å². The van der Waals surface area contributed by atoms with Crippen molar-refractivity contribution in [3.63, 3.8) is 0 Å². The number of hydrogen-bond acceptors (Lipinski definition) is 2. The Hall–Kier alpha value is -0.860. The minimum atomic E-state index is 0.183. The average Bonchev–Trinajstić information content (AvgIpc) is 2.27. The standard InChI is InChI=1S/C13H21NO/c1-4-10-14(2)11-13(15-3)12-8-6-5-7-9-12/h5-9,13H,4,10-11H2,1-3H3. The number of rotatable bonds is 6. The van der Waals surface area contributed by atoms with Gasteiger partial charge in [-0.15, -0.1) is 0 Å². The Morgan fingerprint density at radius 1 is 1.27 bits per heavy atom. The van der Waals surface area contributed by atoms with Gasteiger partial charge in [-0.05, 0) is 25.6 Å². The molecular weight excluding hydrogens is 186 g/mol. The lowest BCUT2D eigenvalue weighted by Gasteiger charge is -2.22. The van der Waals surface area contributed by atoms with Crippen LogP contribution in [0.15, 0.2) is 30.3 Å².